The van der Waals surface area contributed by atoms with Gasteiger partial charge in [0.25, 0.3) is 0 Å². The minimum absolute atomic E-state index is 0.279. The Morgan fingerprint density at radius 2 is 2.00 bits per heavy atom. The van der Waals surface area contributed by atoms with E-state index >= 15 is 0 Å². The zero-order chi connectivity index (χ0) is 15.8. The maximum atomic E-state index is 13.9. The molecule has 0 spiro atoms. The lowest BCUT2D eigenvalue weighted by molar-refractivity contribution is 0.122. The quantitative estimate of drug-likeness (QED) is 0.790. The van der Waals surface area contributed by atoms with Crippen molar-refractivity contribution in [3.8, 4) is 11.3 Å². The monoisotopic (exact) mass is 312 g/mol. The van der Waals surface area contributed by atoms with Crippen LogP contribution >= 0.6 is 0 Å². The summed E-state index contributed by atoms with van der Waals surface area (Å²) in [5.74, 6) is 1.26. The maximum absolute atomic E-state index is 13.9. The van der Waals surface area contributed by atoms with Crippen molar-refractivity contribution in [2.75, 3.05) is 31.2 Å². The molecule has 2 aromatic heterocycles. The predicted molar refractivity (Wildman–Crippen MR) is 87.1 cm³/mol. The number of nitrogens with zero attached hydrogens (tertiary/aromatic N) is 3. The number of aromatic amines is 1. The molecule has 0 radical (unpaired) electrons. The number of nitrogens with one attached hydrogen (secondary N) is 1. The number of halogens is 1. The highest BCUT2D eigenvalue weighted by Gasteiger charge is 2.16. The Morgan fingerprint density at radius 1 is 1.17 bits per heavy atom. The number of benzene rings is 1. The summed E-state index contributed by atoms with van der Waals surface area (Å²) in [5, 5.41) is 0.956. The van der Waals surface area contributed by atoms with Gasteiger partial charge in [-0.3, -0.25) is 0 Å². The molecule has 1 aliphatic heterocycles. The van der Waals surface area contributed by atoms with Crippen LogP contribution in [-0.2, 0) is 4.74 Å². The first-order chi connectivity index (χ1) is 11.2. The Hall–Kier alpha value is -2.47. The third-order valence-corrected chi connectivity index (χ3v) is 4.07. The number of aryl methyl sites for hydroxylation is 1. The Balaban J connectivity index is 1.84. The number of hydrogen-bond acceptors (Lipinski definition) is 4. The first-order valence-electron chi connectivity index (χ1n) is 7.66. The van der Waals surface area contributed by atoms with E-state index in [0.29, 0.717) is 19.0 Å². The average molecular weight is 312 g/mol. The number of anilines is 1. The van der Waals surface area contributed by atoms with Gasteiger partial charge in [0.05, 0.1) is 18.9 Å². The molecule has 1 fully saturated rings. The number of fused-ring (bicyclic) bond motifs is 1. The average Bonchev–Trinajstić information content (AvgIpc) is 3.02. The van der Waals surface area contributed by atoms with Crippen LogP contribution in [0.25, 0.3) is 22.2 Å². The summed E-state index contributed by atoms with van der Waals surface area (Å²) < 4.78 is 19.3. The Labute approximate surface area is 133 Å². The molecule has 118 valence electrons. The Morgan fingerprint density at radius 3 is 2.83 bits per heavy atom. The van der Waals surface area contributed by atoms with Gasteiger partial charge in [-0.15, -0.1) is 0 Å². The van der Waals surface area contributed by atoms with Gasteiger partial charge in [0.1, 0.15) is 17.5 Å². The van der Waals surface area contributed by atoms with Gasteiger partial charge in [0.2, 0.25) is 0 Å². The molecule has 5 nitrogen and oxygen atoms in total. The second-order valence-corrected chi connectivity index (χ2v) is 5.65. The standard InChI is InChI=1S/C17H17FN4O/c1-11-20-16(10-17(21-11)22-4-6-23-7-5-22)14-8-12(18)9-15-13(14)2-3-19-15/h2-3,8-10,19H,4-7H2,1H3. The van der Waals surface area contributed by atoms with E-state index in [4.69, 9.17) is 4.74 Å². The number of H-pyrrole nitrogens is 1. The molecule has 6 heteroatoms. The molecule has 0 atom stereocenters. The van der Waals surface area contributed by atoms with Crippen molar-refractivity contribution in [3.05, 3.63) is 42.1 Å². The van der Waals surface area contributed by atoms with Crippen LogP contribution in [0.4, 0.5) is 10.2 Å². The maximum Gasteiger partial charge on any atom is 0.133 e. The highest BCUT2D eigenvalue weighted by molar-refractivity contribution is 5.94. The lowest BCUT2D eigenvalue weighted by Crippen LogP contribution is -2.36. The van der Waals surface area contributed by atoms with Gasteiger partial charge >= 0.3 is 0 Å². The van der Waals surface area contributed by atoms with Crippen molar-refractivity contribution in [2.45, 2.75) is 6.92 Å². The summed E-state index contributed by atoms with van der Waals surface area (Å²) in [5.41, 5.74) is 2.29. The summed E-state index contributed by atoms with van der Waals surface area (Å²) >= 11 is 0. The minimum Gasteiger partial charge on any atom is -0.378 e. The number of hydrogen-bond donors (Lipinski definition) is 1. The molecule has 1 aliphatic rings. The molecule has 0 unspecified atom stereocenters. The molecule has 3 heterocycles. The van der Waals surface area contributed by atoms with E-state index in [1.165, 1.54) is 12.1 Å². The Kier molecular flexibility index (Phi) is 3.46. The molecule has 1 aromatic carbocycles. The van der Waals surface area contributed by atoms with Gasteiger partial charge in [-0.25, -0.2) is 14.4 Å². The second kappa shape index (κ2) is 5.62. The molecule has 1 N–H and O–H groups in total. The van der Waals surface area contributed by atoms with Crippen LogP contribution in [0.15, 0.2) is 30.5 Å². The van der Waals surface area contributed by atoms with E-state index in [0.717, 1.165) is 41.1 Å². The predicted octanol–water partition coefficient (Wildman–Crippen LogP) is 2.91. The van der Waals surface area contributed by atoms with Crippen molar-refractivity contribution in [1.82, 2.24) is 15.0 Å². The van der Waals surface area contributed by atoms with Gasteiger partial charge in [0, 0.05) is 41.8 Å². The highest BCUT2D eigenvalue weighted by atomic mass is 19.1. The summed E-state index contributed by atoms with van der Waals surface area (Å²) in [7, 11) is 0. The highest BCUT2D eigenvalue weighted by Crippen LogP contribution is 2.30. The van der Waals surface area contributed by atoms with E-state index in [-0.39, 0.29) is 5.82 Å². The molecule has 0 aliphatic carbocycles. The molecule has 0 bridgehead atoms. The molecule has 0 saturated carbocycles. The van der Waals surface area contributed by atoms with Gasteiger partial charge in [-0.2, -0.15) is 0 Å². The number of morpholine rings is 1. The number of rotatable bonds is 2. The third kappa shape index (κ3) is 2.66. The van der Waals surface area contributed by atoms with Crippen LogP contribution in [0.5, 0.6) is 0 Å². The van der Waals surface area contributed by atoms with Gasteiger partial charge in [-0.05, 0) is 25.1 Å². The molecule has 1 saturated heterocycles. The largest absolute Gasteiger partial charge is 0.378 e. The van der Waals surface area contributed by atoms with E-state index in [1.54, 1.807) is 0 Å². The second-order valence-electron chi connectivity index (χ2n) is 5.65. The molecule has 4 rings (SSSR count). The zero-order valence-electron chi connectivity index (χ0n) is 12.8. The molecule has 0 amide bonds. The fourth-order valence-corrected chi connectivity index (χ4v) is 2.99. The van der Waals surface area contributed by atoms with Gasteiger partial charge in [-0.1, -0.05) is 0 Å². The van der Waals surface area contributed by atoms with Crippen molar-refractivity contribution in [2.24, 2.45) is 0 Å². The van der Waals surface area contributed by atoms with E-state index < -0.39 is 0 Å². The van der Waals surface area contributed by atoms with Crippen molar-refractivity contribution in [3.63, 3.8) is 0 Å². The van der Waals surface area contributed by atoms with Crippen molar-refractivity contribution < 1.29 is 9.13 Å². The summed E-state index contributed by atoms with van der Waals surface area (Å²) in [6.07, 6.45) is 1.81. The van der Waals surface area contributed by atoms with E-state index in [9.17, 15) is 4.39 Å². The van der Waals surface area contributed by atoms with Crippen molar-refractivity contribution >= 4 is 16.7 Å². The van der Waals surface area contributed by atoms with Crippen LogP contribution in [0.2, 0.25) is 0 Å². The molecular weight excluding hydrogens is 295 g/mol. The molecular formula is C17H17FN4O. The SMILES string of the molecule is Cc1nc(-c2cc(F)cc3[nH]ccc23)cc(N2CCOCC2)n1. The number of aromatic nitrogens is 3. The van der Waals surface area contributed by atoms with E-state index in [1.807, 2.05) is 25.3 Å². The zero-order valence-corrected chi connectivity index (χ0v) is 12.8. The van der Waals surface area contributed by atoms with Crippen LogP contribution < -0.4 is 4.90 Å². The van der Waals surface area contributed by atoms with Gasteiger partial charge in [0.15, 0.2) is 0 Å². The van der Waals surface area contributed by atoms with Gasteiger partial charge < -0.3 is 14.6 Å². The fourth-order valence-electron chi connectivity index (χ4n) is 2.99. The lowest BCUT2D eigenvalue weighted by Gasteiger charge is -2.28. The summed E-state index contributed by atoms with van der Waals surface area (Å²) in [4.78, 5) is 14.3. The fraction of sp³-hybridized carbons (Fsp3) is 0.294. The summed E-state index contributed by atoms with van der Waals surface area (Å²) in [6.45, 7) is 4.86. The summed E-state index contributed by atoms with van der Waals surface area (Å²) in [6, 6.07) is 6.90. The molecule has 3 aromatic rings. The first kappa shape index (κ1) is 14.1. The Bertz CT molecular complexity index is 855. The van der Waals surface area contributed by atoms with E-state index in [2.05, 4.69) is 19.9 Å². The first-order valence-corrected chi connectivity index (χ1v) is 7.66. The van der Waals surface area contributed by atoms with Crippen molar-refractivity contribution in [1.29, 1.82) is 0 Å². The van der Waals surface area contributed by atoms with Crippen LogP contribution in [0, 0.1) is 12.7 Å². The lowest BCUT2D eigenvalue weighted by atomic mass is 10.1. The van der Waals surface area contributed by atoms with Crippen LogP contribution in [-0.4, -0.2) is 41.3 Å². The van der Waals surface area contributed by atoms with Crippen LogP contribution in [0.1, 0.15) is 5.82 Å². The number of ether oxygens (including phenoxy) is 1. The smallest absolute Gasteiger partial charge is 0.133 e. The molecule has 23 heavy (non-hydrogen) atoms. The normalized spacial score (nSPS) is 15.3. The third-order valence-electron chi connectivity index (χ3n) is 4.07. The topological polar surface area (TPSA) is 54.0 Å². The minimum atomic E-state index is -0.279. The van der Waals surface area contributed by atoms with Crippen LogP contribution in [0.3, 0.4) is 0 Å².